The Bertz CT molecular complexity index is 37.8. The van der Waals surface area contributed by atoms with Crippen LogP contribution in [0.4, 0.5) is 0 Å². The van der Waals surface area contributed by atoms with Gasteiger partial charge in [0.2, 0.25) is 0 Å². The zero-order chi connectivity index (χ0) is 6.95. The van der Waals surface area contributed by atoms with Gasteiger partial charge in [0.05, 0.1) is 0 Å². The van der Waals surface area contributed by atoms with Crippen LogP contribution in [0.3, 0.4) is 0 Å². The van der Waals surface area contributed by atoms with Crippen molar-refractivity contribution in [3.63, 3.8) is 0 Å². The van der Waals surface area contributed by atoms with Gasteiger partial charge in [0.25, 0.3) is 0 Å². The van der Waals surface area contributed by atoms with Crippen LogP contribution in [0.2, 0.25) is 11.1 Å². The summed E-state index contributed by atoms with van der Waals surface area (Å²) in [5, 5.41) is 1.50. The van der Waals surface area contributed by atoms with Crippen molar-refractivity contribution < 1.29 is 0 Å². The van der Waals surface area contributed by atoms with E-state index in [1.165, 1.54) is 37.4 Å². The number of hydrogen-bond donors (Lipinski definition) is 0. The van der Waals surface area contributed by atoms with Gasteiger partial charge in [-0.1, -0.05) is 0 Å². The van der Waals surface area contributed by atoms with Crippen molar-refractivity contribution in [1.29, 1.82) is 0 Å². The van der Waals surface area contributed by atoms with Gasteiger partial charge < -0.3 is 0 Å². The summed E-state index contributed by atoms with van der Waals surface area (Å²) >= 11 is 0.923. The number of rotatable bonds is 6. The molecular formula is C8H18Se. The molecule has 0 aliphatic heterocycles. The predicted molar refractivity (Wildman–Crippen MR) is 45.2 cm³/mol. The van der Waals surface area contributed by atoms with Crippen LogP contribution in [0.5, 0.6) is 0 Å². The maximum absolute atomic E-state index is 2.33. The molecule has 0 saturated heterocycles. The third kappa shape index (κ3) is 8.52. The molecule has 0 aromatic rings. The van der Waals surface area contributed by atoms with Gasteiger partial charge in [-0.2, -0.15) is 0 Å². The fourth-order valence-electron chi connectivity index (χ4n) is 0.850. The molecule has 0 aromatic heterocycles. The van der Waals surface area contributed by atoms with E-state index in [-0.39, 0.29) is 0 Å². The van der Waals surface area contributed by atoms with Crippen molar-refractivity contribution in [2.45, 2.75) is 50.2 Å². The second kappa shape index (κ2) is 8.52. The molecule has 0 fully saturated rings. The van der Waals surface area contributed by atoms with Gasteiger partial charge >= 0.3 is 65.1 Å². The molecule has 0 nitrogen and oxygen atoms in total. The zero-order valence-corrected chi connectivity index (χ0v) is 8.36. The fourth-order valence-corrected chi connectivity index (χ4v) is 1.88. The average Bonchev–Trinajstić information content (AvgIpc) is 1.89. The maximum atomic E-state index is 2.33. The van der Waals surface area contributed by atoms with Crippen molar-refractivity contribution in [3.05, 3.63) is 0 Å². The topological polar surface area (TPSA) is 0 Å². The van der Waals surface area contributed by atoms with Crippen molar-refractivity contribution in [2.75, 3.05) is 0 Å². The van der Waals surface area contributed by atoms with E-state index in [1.54, 1.807) is 0 Å². The SMILES string of the molecule is CCCCCCC[Se]C. The van der Waals surface area contributed by atoms with E-state index in [4.69, 9.17) is 0 Å². The standard InChI is InChI=1S/C8H18Se/c1-3-4-5-6-7-8-9-2/h3-8H2,1-2H3. The average molecular weight is 193 g/mol. The molecule has 56 valence electrons. The summed E-state index contributed by atoms with van der Waals surface area (Å²) in [5.74, 6) is 2.33. The monoisotopic (exact) mass is 194 g/mol. The molecule has 0 saturated carbocycles. The molecular weight excluding hydrogens is 175 g/mol. The Hall–Kier alpha value is 0.519. The van der Waals surface area contributed by atoms with Crippen molar-refractivity contribution in [1.82, 2.24) is 0 Å². The minimum absolute atomic E-state index is 0.923. The molecule has 9 heavy (non-hydrogen) atoms. The van der Waals surface area contributed by atoms with Crippen molar-refractivity contribution in [3.8, 4) is 0 Å². The third-order valence-corrected chi connectivity index (χ3v) is 2.91. The van der Waals surface area contributed by atoms with Crippen LogP contribution in [0.15, 0.2) is 0 Å². The van der Waals surface area contributed by atoms with E-state index in [2.05, 4.69) is 12.7 Å². The van der Waals surface area contributed by atoms with Crippen LogP contribution >= 0.6 is 0 Å². The molecule has 0 amide bonds. The molecule has 0 aliphatic rings. The summed E-state index contributed by atoms with van der Waals surface area (Å²) in [5.41, 5.74) is 0. The molecule has 0 radical (unpaired) electrons. The van der Waals surface area contributed by atoms with Crippen molar-refractivity contribution in [2.24, 2.45) is 0 Å². The molecule has 0 unspecified atom stereocenters. The third-order valence-electron chi connectivity index (χ3n) is 1.45. The van der Waals surface area contributed by atoms with Gasteiger partial charge in [0.15, 0.2) is 0 Å². The minimum atomic E-state index is 0.923. The van der Waals surface area contributed by atoms with Crippen LogP contribution < -0.4 is 0 Å². The second-order valence-corrected chi connectivity index (χ2v) is 4.47. The Morgan fingerprint density at radius 2 is 1.67 bits per heavy atom. The van der Waals surface area contributed by atoms with Crippen LogP contribution in [0.1, 0.15) is 39.0 Å². The molecule has 1 heteroatoms. The van der Waals surface area contributed by atoms with Crippen LogP contribution in [0.25, 0.3) is 0 Å². The van der Waals surface area contributed by atoms with Crippen LogP contribution in [-0.2, 0) is 0 Å². The van der Waals surface area contributed by atoms with Gasteiger partial charge in [-0.15, -0.1) is 0 Å². The first-order valence-electron chi connectivity index (χ1n) is 3.90. The van der Waals surface area contributed by atoms with Gasteiger partial charge in [-0.3, -0.25) is 0 Å². The summed E-state index contributed by atoms with van der Waals surface area (Å²) in [4.78, 5) is 0. The van der Waals surface area contributed by atoms with E-state index >= 15 is 0 Å². The summed E-state index contributed by atoms with van der Waals surface area (Å²) in [6.07, 6.45) is 7.24. The van der Waals surface area contributed by atoms with Crippen LogP contribution in [-0.4, -0.2) is 15.0 Å². The Labute approximate surface area is 65.6 Å². The van der Waals surface area contributed by atoms with E-state index in [0.717, 1.165) is 15.0 Å². The van der Waals surface area contributed by atoms with Gasteiger partial charge in [-0.25, -0.2) is 0 Å². The molecule has 0 aromatic carbocycles. The normalized spacial score (nSPS) is 10.0. The van der Waals surface area contributed by atoms with Gasteiger partial charge in [0, 0.05) is 0 Å². The summed E-state index contributed by atoms with van der Waals surface area (Å²) in [7, 11) is 0. The van der Waals surface area contributed by atoms with Gasteiger partial charge in [-0.05, 0) is 0 Å². The second-order valence-electron chi connectivity index (χ2n) is 2.41. The molecule has 0 rings (SSSR count). The Kier molecular flexibility index (Phi) is 9.01. The molecule has 0 bridgehead atoms. The first kappa shape index (κ1) is 9.52. The predicted octanol–water partition coefficient (Wildman–Crippen LogP) is 3.13. The van der Waals surface area contributed by atoms with E-state index in [0.29, 0.717) is 0 Å². The van der Waals surface area contributed by atoms with Gasteiger partial charge in [0.1, 0.15) is 0 Å². The number of hydrogen-bond acceptors (Lipinski definition) is 0. The number of unbranched alkanes of at least 4 members (excludes halogenated alkanes) is 4. The summed E-state index contributed by atoms with van der Waals surface area (Å²) < 4.78 is 0. The molecule has 0 atom stereocenters. The first-order chi connectivity index (χ1) is 4.41. The summed E-state index contributed by atoms with van der Waals surface area (Å²) in [6, 6.07) is 0. The van der Waals surface area contributed by atoms with E-state index in [1.807, 2.05) is 0 Å². The Morgan fingerprint density at radius 3 is 2.22 bits per heavy atom. The van der Waals surface area contributed by atoms with E-state index < -0.39 is 0 Å². The molecule has 0 heterocycles. The summed E-state index contributed by atoms with van der Waals surface area (Å²) in [6.45, 7) is 2.27. The zero-order valence-electron chi connectivity index (χ0n) is 6.65. The van der Waals surface area contributed by atoms with Crippen molar-refractivity contribution >= 4 is 15.0 Å². The van der Waals surface area contributed by atoms with Crippen LogP contribution in [0, 0.1) is 0 Å². The first-order valence-corrected chi connectivity index (χ1v) is 6.83. The Morgan fingerprint density at radius 1 is 1.00 bits per heavy atom. The Balaban J connectivity index is 2.60. The molecule has 0 aliphatic carbocycles. The molecule has 0 N–H and O–H groups in total. The van der Waals surface area contributed by atoms with E-state index in [9.17, 15) is 0 Å². The molecule has 0 spiro atoms. The quantitative estimate of drug-likeness (QED) is 0.449. The fraction of sp³-hybridized carbons (Fsp3) is 1.00.